The molecule has 0 amide bonds. The van der Waals surface area contributed by atoms with Crippen LogP contribution in [0.2, 0.25) is 5.02 Å². The van der Waals surface area contributed by atoms with Crippen LogP contribution in [0.5, 0.6) is 0 Å². The fourth-order valence-corrected chi connectivity index (χ4v) is 3.95. The van der Waals surface area contributed by atoms with Crippen LogP contribution in [0.1, 0.15) is 31.2 Å². The number of nitrogens with zero attached hydrogens (tertiary/aromatic N) is 5. The molecule has 0 spiro atoms. The third-order valence-electron chi connectivity index (χ3n) is 5.26. The minimum absolute atomic E-state index is 0.00646. The van der Waals surface area contributed by atoms with Gasteiger partial charge in [-0.25, -0.2) is 4.98 Å². The van der Waals surface area contributed by atoms with Gasteiger partial charge in [0.2, 0.25) is 5.95 Å². The first-order valence-electron chi connectivity index (χ1n) is 10.3. The van der Waals surface area contributed by atoms with Crippen molar-refractivity contribution in [1.82, 2.24) is 24.8 Å². The first kappa shape index (κ1) is 23.2. The van der Waals surface area contributed by atoms with Gasteiger partial charge in [0, 0.05) is 13.0 Å². The lowest BCUT2D eigenvalue weighted by molar-refractivity contribution is 0.329. The summed E-state index contributed by atoms with van der Waals surface area (Å²) in [6, 6.07) is 7.21. The maximum absolute atomic E-state index is 12.8. The van der Waals surface area contributed by atoms with Gasteiger partial charge in [-0.2, -0.15) is 15.2 Å². The number of hydrogen-bond donors (Lipinski definition) is 4. The monoisotopic (exact) mass is 455 g/mol. The molecule has 7 N–H and O–H groups in total. The molecule has 1 saturated heterocycles. The van der Waals surface area contributed by atoms with Crippen LogP contribution in [0, 0.1) is 17.2 Å². The van der Waals surface area contributed by atoms with Crippen LogP contribution in [-0.4, -0.2) is 32.6 Å². The Morgan fingerprint density at radius 2 is 1.97 bits per heavy atom. The lowest BCUT2D eigenvalue weighted by Gasteiger charge is -2.24. The topological polar surface area (TPSA) is 175 Å². The minimum Gasteiger partial charge on any atom is -0.382 e. The van der Waals surface area contributed by atoms with Gasteiger partial charge < -0.3 is 22.5 Å². The largest absolute Gasteiger partial charge is 0.382 e. The second-order valence-corrected chi connectivity index (χ2v) is 7.89. The molecule has 0 aliphatic carbocycles. The molecule has 0 bridgehead atoms. The van der Waals surface area contributed by atoms with E-state index in [4.69, 9.17) is 34.1 Å². The fraction of sp³-hybridized carbons (Fsp3) is 0.381. The number of anilines is 3. The molecular weight excluding hydrogens is 430 g/mol. The van der Waals surface area contributed by atoms with Crippen LogP contribution in [0.25, 0.3) is 10.9 Å². The Bertz CT molecular complexity index is 1190. The van der Waals surface area contributed by atoms with E-state index in [-0.39, 0.29) is 28.7 Å². The van der Waals surface area contributed by atoms with E-state index in [0.717, 1.165) is 38.3 Å². The smallest absolute Gasteiger partial charge is 0.262 e. The number of nitriles is 1. The van der Waals surface area contributed by atoms with Gasteiger partial charge >= 0.3 is 0 Å². The maximum atomic E-state index is 12.8. The Balaban J connectivity index is 0.000000222. The number of fused-ring (bicyclic) bond motifs is 1. The molecule has 168 valence electrons. The zero-order valence-electron chi connectivity index (χ0n) is 17.8. The predicted octanol–water partition coefficient (Wildman–Crippen LogP) is 1.71. The van der Waals surface area contributed by atoms with Crippen molar-refractivity contribution in [3.63, 3.8) is 0 Å². The Morgan fingerprint density at radius 3 is 2.56 bits per heavy atom. The van der Waals surface area contributed by atoms with Gasteiger partial charge in [-0.05, 0) is 44.0 Å². The van der Waals surface area contributed by atoms with Crippen molar-refractivity contribution in [3.05, 3.63) is 45.0 Å². The number of benzene rings is 1. The summed E-state index contributed by atoms with van der Waals surface area (Å²) in [7, 11) is 0. The second-order valence-electron chi connectivity index (χ2n) is 7.48. The van der Waals surface area contributed by atoms with Gasteiger partial charge in [0.05, 0.1) is 15.9 Å². The minimum atomic E-state index is -0.0287. The first-order chi connectivity index (χ1) is 15.3. The van der Waals surface area contributed by atoms with Crippen molar-refractivity contribution >= 4 is 40.1 Å². The summed E-state index contributed by atoms with van der Waals surface area (Å²) in [5.41, 5.74) is 16.5. The number of nitrogens with one attached hydrogen (secondary N) is 1. The van der Waals surface area contributed by atoms with Gasteiger partial charge in [0.25, 0.3) is 5.56 Å². The third kappa shape index (κ3) is 5.07. The van der Waals surface area contributed by atoms with E-state index in [9.17, 15) is 4.79 Å². The molecule has 1 unspecified atom stereocenters. The predicted molar refractivity (Wildman–Crippen MR) is 126 cm³/mol. The third-order valence-corrected chi connectivity index (χ3v) is 5.58. The summed E-state index contributed by atoms with van der Waals surface area (Å²) in [5.74, 6) is 1.33. The summed E-state index contributed by atoms with van der Waals surface area (Å²) in [6.07, 6.45) is 3.07. The fourth-order valence-electron chi connectivity index (χ4n) is 3.69. The van der Waals surface area contributed by atoms with Crippen LogP contribution in [0.3, 0.4) is 0 Å². The molecule has 1 aliphatic rings. The number of piperidine rings is 1. The molecule has 1 atom stereocenters. The van der Waals surface area contributed by atoms with Crippen LogP contribution >= 0.6 is 11.6 Å². The normalized spacial score (nSPS) is 15.6. The molecule has 2 aromatic heterocycles. The molecule has 3 aromatic rings. The number of nitrogen functional groups attached to an aromatic ring is 3. The van der Waals surface area contributed by atoms with E-state index in [2.05, 4.69) is 20.3 Å². The van der Waals surface area contributed by atoms with Crippen molar-refractivity contribution in [1.29, 1.82) is 5.26 Å². The Hall–Kier alpha value is -3.42. The highest BCUT2D eigenvalue weighted by Crippen LogP contribution is 2.20. The summed E-state index contributed by atoms with van der Waals surface area (Å²) >= 11 is 6.21. The molecule has 1 aliphatic heterocycles. The van der Waals surface area contributed by atoms with Crippen LogP contribution < -0.4 is 28.1 Å². The quantitative estimate of drug-likeness (QED) is 0.457. The van der Waals surface area contributed by atoms with Crippen molar-refractivity contribution in [2.24, 2.45) is 5.92 Å². The number of hydrogen-bond acceptors (Lipinski definition) is 9. The Kier molecular flexibility index (Phi) is 7.45. The second kappa shape index (κ2) is 10.3. The highest BCUT2D eigenvalue weighted by atomic mass is 35.5. The molecule has 1 fully saturated rings. The molecule has 4 rings (SSSR count). The average Bonchev–Trinajstić information content (AvgIpc) is 2.76. The lowest BCUT2D eigenvalue weighted by Crippen LogP contribution is -2.36. The van der Waals surface area contributed by atoms with E-state index in [1.54, 1.807) is 12.1 Å². The Labute approximate surface area is 190 Å². The van der Waals surface area contributed by atoms with Gasteiger partial charge in [0.15, 0.2) is 0 Å². The van der Waals surface area contributed by atoms with Gasteiger partial charge in [-0.15, -0.1) is 0 Å². The highest BCUT2D eigenvalue weighted by molar-refractivity contribution is 6.35. The first-order valence-corrected chi connectivity index (χ1v) is 10.7. The Morgan fingerprint density at radius 1 is 1.25 bits per heavy atom. The van der Waals surface area contributed by atoms with Crippen LogP contribution in [0.15, 0.2) is 23.0 Å². The summed E-state index contributed by atoms with van der Waals surface area (Å²) in [6.45, 7) is 4.81. The van der Waals surface area contributed by atoms with Gasteiger partial charge in [0.1, 0.15) is 29.1 Å². The van der Waals surface area contributed by atoms with E-state index in [1.807, 2.05) is 23.6 Å². The number of aromatic nitrogens is 4. The number of nitrogens with two attached hydrogens (primary N) is 3. The maximum Gasteiger partial charge on any atom is 0.262 e. The lowest BCUT2D eigenvalue weighted by atomic mass is 9.99. The molecule has 0 radical (unpaired) electrons. The summed E-state index contributed by atoms with van der Waals surface area (Å²) in [5, 5.41) is 12.9. The molecular formula is C21H26ClN9O. The molecule has 1 aromatic carbocycles. The number of aryl methyl sites for hydroxylation is 1. The molecule has 10 nitrogen and oxygen atoms in total. The molecule has 32 heavy (non-hydrogen) atoms. The van der Waals surface area contributed by atoms with Gasteiger partial charge in [-0.1, -0.05) is 24.6 Å². The van der Waals surface area contributed by atoms with Crippen molar-refractivity contribution in [2.45, 2.75) is 32.7 Å². The van der Waals surface area contributed by atoms with Crippen molar-refractivity contribution < 1.29 is 0 Å². The van der Waals surface area contributed by atoms with E-state index in [0.29, 0.717) is 21.8 Å². The number of halogens is 1. The van der Waals surface area contributed by atoms with Crippen LogP contribution in [-0.2, 0) is 13.0 Å². The van der Waals surface area contributed by atoms with Crippen molar-refractivity contribution in [2.75, 3.05) is 30.3 Å². The summed E-state index contributed by atoms with van der Waals surface area (Å²) < 4.78 is 1.83. The zero-order chi connectivity index (χ0) is 23.3. The number of rotatable bonds is 3. The highest BCUT2D eigenvalue weighted by Gasteiger charge is 2.18. The SMILES string of the molecule is CCc1nc2cccc(Cl)c2c(=O)n1CC1CCCNC1.N#Cc1c(N)nc(N)nc1N. The average molecular weight is 456 g/mol. The molecule has 11 heteroatoms. The standard InChI is InChI=1S/C16H20ClN3O.C5H6N6/c1-2-14-19-13-7-3-6-12(17)15(13)16(21)20(14)10-11-5-4-8-18-9-11;6-1-2-3(7)10-5(9)11-4(2)8/h3,6-7,11,18H,2,4-5,8-10H2,1H3;(H6,7,8,9,10,11). The van der Waals surface area contributed by atoms with E-state index < -0.39 is 0 Å². The zero-order valence-corrected chi connectivity index (χ0v) is 18.6. The van der Waals surface area contributed by atoms with Crippen molar-refractivity contribution in [3.8, 4) is 6.07 Å². The molecule has 3 heterocycles. The van der Waals surface area contributed by atoms with Gasteiger partial charge in [-0.3, -0.25) is 9.36 Å². The van der Waals surface area contributed by atoms with E-state index >= 15 is 0 Å². The van der Waals surface area contributed by atoms with Crippen LogP contribution in [0.4, 0.5) is 17.6 Å². The summed E-state index contributed by atoms with van der Waals surface area (Å²) in [4.78, 5) is 24.6. The van der Waals surface area contributed by atoms with E-state index in [1.165, 1.54) is 6.42 Å². The molecule has 0 saturated carbocycles.